The monoisotopic (exact) mass is 965 g/mol. The Labute approximate surface area is 429 Å². The number of carbonyl (C=O) groups excluding carboxylic acids is 3. The number of hydrogen-bond acceptors (Lipinski definition) is 6. The van der Waals surface area contributed by atoms with Gasteiger partial charge in [-0.1, -0.05) is 244 Å². The van der Waals surface area contributed by atoms with Crippen LogP contribution in [0.15, 0.2) is 146 Å². The Bertz CT molecular complexity index is 1580. The van der Waals surface area contributed by atoms with Crippen LogP contribution in [0.4, 0.5) is 0 Å². The average Bonchev–Trinajstić information content (AvgIpc) is 3.36. The molecule has 70 heavy (non-hydrogen) atoms. The van der Waals surface area contributed by atoms with Gasteiger partial charge < -0.3 is 14.2 Å². The number of hydrogen-bond donors (Lipinski definition) is 0. The summed E-state index contributed by atoms with van der Waals surface area (Å²) in [5, 5.41) is 0. The second kappa shape index (κ2) is 56.9. The molecule has 0 bridgehead atoms. The second-order valence-corrected chi connectivity index (χ2v) is 17.8. The minimum atomic E-state index is -0.832. The summed E-state index contributed by atoms with van der Waals surface area (Å²) < 4.78 is 16.8. The van der Waals surface area contributed by atoms with E-state index in [0.29, 0.717) is 12.8 Å². The highest BCUT2D eigenvalue weighted by atomic mass is 16.6. The van der Waals surface area contributed by atoms with Gasteiger partial charge >= 0.3 is 17.9 Å². The first kappa shape index (κ1) is 65.3. The summed E-state index contributed by atoms with van der Waals surface area (Å²) in [5.41, 5.74) is 0. The highest BCUT2D eigenvalue weighted by Crippen LogP contribution is 2.13. The Hall–Kier alpha value is -4.71. The van der Waals surface area contributed by atoms with Gasteiger partial charge in [0.15, 0.2) is 6.10 Å². The average molecular weight is 965 g/mol. The van der Waals surface area contributed by atoms with Crippen molar-refractivity contribution in [1.29, 1.82) is 0 Å². The molecule has 1 unspecified atom stereocenters. The van der Waals surface area contributed by atoms with Crippen LogP contribution in [0.5, 0.6) is 0 Å². The second-order valence-electron chi connectivity index (χ2n) is 17.8. The van der Waals surface area contributed by atoms with Crippen molar-refractivity contribution in [3.63, 3.8) is 0 Å². The zero-order valence-corrected chi connectivity index (χ0v) is 44.7. The maximum Gasteiger partial charge on any atom is 0.306 e. The molecule has 0 aromatic carbocycles. The molecule has 6 heteroatoms. The molecule has 0 radical (unpaired) electrons. The van der Waals surface area contributed by atoms with Crippen molar-refractivity contribution >= 4 is 17.9 Å². The lowest BCUT2D eigenvalue weighted by atomic mass is 10.1. The quantitative estimate of drug-likeness (QED) is 0.0199. The number of ether oxygens (including phenoxy) is 3. The van der Waals surface area contributed by atoms with Gasteiger partial charge in [0.25, 0.3) is 0 Å². The topological polar surface area (TPSA) is 78.9 Å². The lowest BCUT2D eigenvalue weighted by molar-refractivity contribution is -0.166. The van der Waals surface area contributed by atoms with Gasteiger partial charge in [0.2, 0.25) is 0 Å². The molecule has 0 amide bonds. The van der Waals surface area contributed by atoms with Crippen LogP contribution in [0.2, 0.25) is 0 Å². The van der Waals surface area contributed by atoms with Crippen molar-refractivity contribution in [2.45, 2.75) is 226 Å². The summed E-state index contributed by atoms with van der Waals surface area (Å²) >= 11 is 0. The van der Waals surface area contributed by atoms with E-state index in [4.69, 9.17) is 14.2 Å². The lowest BCUT2D eigenvalue weighted by Gasteiger charge is -2.18. The van der Waals surface area contributed by atoms with Gasteiger partial charge in [-0.15, -0.1) is 0 Å². The van der Waals surface area contributed by atoms with E-state index in [1.807, 2.05) is 12.2 Å². The van der Waals surface area contributed by atoms with Crippen LogP contribution < -0.4 is 0 Å². The van der Waals surface area contributed by atoms with E-state index < -0.39 is 6.10 Å². The SMILES string of the molecule is CC\C=C/C=C\C=C/CCCCCCCCCC(=O)OCC(COC(=O)CC/C=C\C/C=C\C/C=C\C/C=C\C/C=C\C/C=C\CC)OC(=O)CCCCCCC\C=C/C=C\C=C/CCCCCCC. The highest BCUT2D eigenvalue weighted by molar-refractivity contribution is 5.71. The first-order valence-corrected chi connectivity index (χ1v) is 27.9. The molecule has 0 fully saturated rings. The zero-order chi connectivity index (χ0) is 50.7. The van der Waals surface area contributed by atoms with Gasteiger partial charge in [-0.3, -0.25) is 14.4 Å². The maximum absolute atomic E-state index is 12.8. The Morgan fingerprint density at radius 3 is 1.09 bits per heavy atom. The van der Waals surface area contributed by atoms with Gasteiger partial charge in [-0.2, -0.15) is 0 Å². The number of allylic oxidation sites excluding steroid dienone is 24. The fourth-order valence-electron chi connectivity index (χ4n) is 7.06. The fourth-order valence-corrected chi connectivity index (χ4v) is 7.06. The largest absolute Gasteiger partial charge is 0.462 e. The van der Waals surface area contributed by atoms with Crippen LogP contribution in [0.3, 0.4) is 0 Å². The third kappa shape index (κ3) is 54.2. The summed E-state index contributed by atoms with van der Waals surface area (Å²) in [6, 6.07) is 0. The summed E-state index contributed by atoms with van der Waals surface area (Å²) in [6.45, 7) is 6.27. The molecule has 0 rings (SSSR count). The van der Waals surface area contributed by atoms with E-state index in [-0.39, 0.29) is 44.0 Å². The van der Waals surface area contributed by atoms with Crippen molar-refractivity contribution in [3.8, 4) is 0 Å². The van der Waals surface area contributed by atoms with Gasteiger partial charge in [0.1, 0.15) is 13.2 Å². The molecule has 0 spiro atoms. The molecule has 0 heterocycles. The normalized spacial score (nSPS) is 13.2. The Morgan fingerprint density at radius 1 is 0.314 bits per heavy atom. The van der Waals surface area contributed by atoms with Crippen LogP contribution in [0.1, 0.15) is 220 Å². The first-order valence-electron chi connectivity index (χ1n) is 27.9. The summed E-state index contributed by atoms with van der Waals surface area (Å²) in [7, 11) is 0. The molecule has 0 aromatic heterocycles. The summed E-state index contributed by atoms with van der Waals surface area (Å²) in [6.07, 6.45) is 81.3. The van der Waals surface area contributed by atoms with Crippen molar-refractivity contribution in [2.75, 3.05) is 13.2 Å². The molecular weight excluding hydrogens is 865 g/mol. The standard InChI is InChI=1S/C64H100O6/c1-4-7-10-13-16-19-22-25-28-30-32-34-36-39-42-45-48-51-54-57-63(66)69-60-61(59-68-62(65)56-53-50-47-44-41-38-35-27-24-21-18-15-12-9-6-3)70-64(67)58-55-52-49-46-43-40-37-33-31-29-26-23-20-17-14-11-8-5-2/h7,9-10,12,15-16,18-19,21,23-26,28-29,31-34,37,39,42,48,51,61H,4-6,8,11,13-14,17,20,22,27,30,35-36,38,40-41,43-47,49-50,52-60H2,1-3H3/b10-7-,12-9-,18-15-,19-16-,24-21-,26-23-,28-25-,31-29-,34-32-,37-33-,42-39-,51-48-. The molecule has 1 atom stereocenters. The van der Waals surface area contributed by atoms with E-state index in [0.717, 1.165) is 122 Å². The molecule has 0 aliphatic carbocycles. The van der Waals surface area contributed by atoms with Crippen LogP contribution >= 0.6 is 0 Å². The smallest absolute Gasteiger partial charge is 0.306 e. The van der Waals surface area contributed by atoms with Gasteiger partial charge in [0, 0.05) is 19.3 Å². The van der Waals surface area contributed by atoms with Crippen molar-refractivity contribution in [1.82, 2.24) is 0 Å². The van der Waals surface area contributed by atoms with E-state index in [2.05, 4.69) is 154 Å². The van der Waals surface area contributed by atoms with Crippen LogP contribution in [-0.2, 0) is 28.6 Å². The molecule has 0 aromatic rings. The predicted molar refractivity (Wildman–Crippen MR) is 302 cm³/mol. The van der Waals surface area contributed by atoms with Crippen molar-refractivity contribution in [2.24, 2.45) is 0 Å². The fraction of sp³-hybridized carbons (Fsp3) is 0.578. The third-order valence-corrected chi connectivity index (χ3v) is 11.2. The van der Waals surface area contributed by atoms with Crippen LogP contribution in [0.25, 0.3) is 0 Å². The van der Waals surface area contributed by atoms with Gasteiger partial charge in [-0.05, 0) is 103 Å². The molecule has 0 saturated heterocycles. The third-order valence-electron chi connectivity index (χ3n) is 11.2. The molecule has 0 N–H and O–H groups in total. The van der Waals surface area contributed by atoms with E-state index in [1.165, 1.54) is 51.4 Å². The number of esters is 3. The lowest BCUT2D eigenvalue weighted by Crippen LogP contribution is -2.30. The first-order chi connectivity index (χ1) is 34.5. The van der Waals surface area contributed by atoms with E-state index in [1.54, 1.807) is 0 Å². The van der Waals surface area contributed by atoms with Crippen LogP contribution in [-0.4, -0.2) is 37.2 Å². The van der Waals surface area contributed by atoms with E-state index >= 15 is 0 Å². The maximum atomic E-state index is 12.8. The summed E-state index contributed by atoms with van der Waals surface area (Å²) in [4.78, 5) is 38.1. The molecule has 6 nitrogen and oxygen atoms in total. The molecule has 392 valence electrons. The van der Waals surface area contributed by atoms with Crippen molar-refractivity contribution < 1.29 is 28.6 Å². The Balaban J connectivity index is 4.59. The predicted octanol–water partition coefficient (Wildman–Crippen LogP) is 18.8. The Morgan fingerprint density at radius 2 is 0.657 bits per heavy atom. The van der Waals surface area contributed by atoms with Gasteiger partial charge in [-0.25, -0.2) is 0 Å². The van der Waals surface area contributed by atoms with Crippen molar-refractivity contribution in [3.05, 3.63) is 146 Å². The molecular formula is C64H100O6. The molecule has 0 saturated carbocycles. The minimum absolute atomic E-state index is 0.122. The molecule has 0 aliphatic heterocycles. The number of unbranched alkanes of at least 4 members (excludes halogenated alkanes) is 17. The zero-order valence-electron chi connectivity index (χ0n) is 44.7. The molecule has 0 aliphatic rings. The number of rotatable bonds is 48. The highest BCUT2D eigenvalue weighted by Gasteiger charge is 2.19. The summed E-state index contributed by atoms with van der Waals surface area (Å²) in [5.74, 6) is -1.05. The Kier molecular flexibility index (Phi) is 53.0. The number of carbonyl (C=O) groups is 3. The minimum Gasteiger partial charge on any atom is -0.462 e. The van der Waals surface area contributed by atoms with Gasteiger partial charge in [0.05, 0.1) is 0 Å². The van der Waals surface area contributed by atoms with Crippen LogP contribution in [0, 0.1) is 0 Å². The van der Waals surface area contributed by atoms with E-state index in [9.17, 15) is 14.4 Å².